The number of halogens is 3. The van der Waals surface area contributed by atoms with Crippen molar-refractivity contribution in [3.63, 3.8) is 0 Å². The molecule has 0 aliphatic heterocycles. The molecule has 1 nitrogen and oxygen atoms in total. The van der Waals surface area contributed by atoms with E-state index in [1.165, 1.54) is 12.1 Å². The quantitative estimate of drug-likeness (QED) is 0.867. The van der Waals surface area contributed by atoms with Gasteiger partial charge in [-0.05, 0) is 48.9 Å². The van der Waals surface area contributed by atoms with Crippen molar-refractivity contribution in [2.24, 2.45) is 0 Å². The summed E-state index contributed by atoms with van der Waals surface area (Å²) in [5, 5.41) is 4.37. The Morgan fingerprint density at radius 2 is 1.95 bits per heavy atom. The fourth-order valence-electron chi connectivity index (χ4n) is 2.02. The van der Waals surface area contributed by atoms with E-state index in [2.05, 4.69) is 5.32 Å². The molecular formula is C15H14Cl2FN. The van der Waals surface area contributed by atoms with Gasteiger partial charge in [0.25, 0.3) is 0 Å². The van der Waals surface area contributed by atoms with Gasteiger partial charge in [-0.15, -0.1) is 0 Å². The lowest BCUT2D eigenvalue weighted by molar-refractivity contribution is 0.589. The van der Waals surface area contributed by atoms with Crippen molar-refractivity contribution in [1.82, 2.24) is 5.32 Å². The van der Waals surface area contributed by atoms with Crippen LogP contribution in [0.15, 0.2) is 42.5 Å². The molecule has 1 unspecified atom stereocenters. The Bertz CT molecular complexity index is 572. The summed E-state index contributed by atoms with van der Waals surface area (Å²) in [7, 11) is 1.88. The molecule has 0 saturated carbocycles. The van der Waals surface area contributed by atoms with Crippen LogP contribution < -0.4 is 5.32 Å². The molecular weight excluding hydrogens is 284 g/mol. The summed E-state index contributed by atoms with van der Waals surface area (Å²) in [5.74, 6) is -0.322. The maximum Gasteiger partial charge on any atom is 0.124 e. The molecule has 2 aromatic carbocycles. The monoisotopic (exact) mass is 297 g/mol. The van der Waals surface area contributed by atoms with Crippen LogP contribution in [0.1, 0.15) is 17.2 Å². The van der Waals surface area contributed by atoms with E-state index < -0.39 is 0 Å². The van der Waals surface area contributed by atoms with Crippen molar-refractivity contribution in [2.45, 2.75) is 12.5 Å². The Morgan fingerprint density at radius 3 is 2.58 bits per heavy atom. The van der Waals surface area contributed by atoms with Crippen molar-refractivity contribution in [3.8, 4) is 0 Å². The molecule has 2 rings (SSSR count). The third-order valence-electron chi connectivity index (χ3n) is 3.04. The molecule has 0 fully saturated rings. The van der Waals surface area contributed by atoms with E-state index >= 15 is 0 Å². The predicted octanol–water partition coefficient (Wildman–Crippen LogP) is 4.64. The summed E-state index contributed by atoms with van der Waals surface area (Å²) in [6, 6.07) is 12.2. The molecule has 0 aliphatic carbocycles. The van der Waals surface area contributed by atoms with Gasteiger partial charge in [-0.3, -0.25) is 0 Å². The fourth-order valence-corrected chi connectivity index (χ4v) is 2.46. The number of likely N-dealkylation sites (N-methyl/N-ethyl adjacent to an activating group) is 1. The number of benzene rings is 2. The van der Waals surface area contributed by atoms with Gasteiger partial charge in [0.15, 0.2) is 0 Å². The van der Waals surface area contributed by atoms with Crippen LogP contribution in [0, 0.1) is 5.82 Å². The van der Waals surface area contributed by atoms with Crippen molar-refractivity contribution in [1.29, 1.82) is 0 Å². The van der Waals surface area contributed by atoms with Gasteiger partial charge < -0.3 is 5.32 Å². The zero-order valence-corrected chi connectivity index (χ0v) is 12.0. The van der Waals surface area contributed by atoms with Crippen LogP contribution in [0.25, 0.3) is 0 Å². The Hall–Kier alpha value is -1.09. The van der Waals surface area contributed by atoms with E-state index in [0.29, 0.717) is 16.5 Å². The normalized spacial score (nSPS) is 12.4. The topological polar surface area (TPSA) is 12.0 Å². The second-order valence-electron chi connectivity index (χ2n) is 4.34. The average molecular weight is 298 g/mol. The number of rotatable bonds is 4. The maximum absolute atomic E-state index is 13.0. The molecule has 0 aliphatic rings. The smallest absolute Gasteiger partial charge is 0.124 e. The fraction of sp³-hybridized carbons (Fsp3) is 0.200. The molecule has 4 heteroatoms. The Labute approximate surface area is 122 Å². The molecule has 19 heavy (non-hydrogen) atoms. The first kappa shape index (κ1) is 14.3. The van der Waals surface area contributed by atoms with E-state index in [4.69, 9.17) is 23.2 Å². The first-order chi connectivity index (χ1) is 9.10. The van der Waals surface area contributed by atoms with Gasteiger partial charge >= 0.3 is 0 Å². The highest BCUT2D eigenvalue weighted by atomic mass is 35.5. The largest absolute Gasteiger partial charge is 0.313 e. The summed E-state index contributed by atoms with van der Waals surface area (Å²) in [4.78, 5) is 0. The third-order valence-corrected chi connectivity index (χ3v) is 3.63. The molecule has 0 saturated heterocycles. The van der Waals surface area contributed by atoms with Crippen LogP contribution in [-0.4, -0.2) is 7.05 Å². The Kier molecular flexibility index (Phi) is 4.81. The Morgan fingerprint density at radius 1 is 1.16 bits per heavy atom. The van der Waals surface area contributed by atoms with Gasteiger partial charge in [-0.1, -0.05) is 41.4 Å². The zero-order chi connectivity index (χ0) is 13.8. The molecule has 100 valence electrons. The van der Waals surface area contributed by atoms with E-state index in [9.17, 15) is 4.39 Å². The van der Waals surface area contributed by atoms with E-state index in [1.807, 2.05) is 31.3 Å². The lowest BCUT2D eigenvalue weighted by Gasteiger charge is -2.17. The van der Waals surface area contributed by atoms with Crippen LogP contribution in [0.5, 0.6) is 0 Å². The Balaban J connectivity index is 2.24. The molecule has 0 bridgehead atoms. The van der Waals surface area contributed by atoms with Crippen LogP contribution >= 0.6 is 23.2 Å². The van der Waals surface area contributed by atoms with Gasteiger partial charge in [0.1, 0.15) is 5.82 Å². The van der Waals surface area contributed by atoms with Gasteiger partial charge in [-0.25, -0.2) is 4.39 Å². The third kappa shape index (κ3) is 3.69. The van der Waals surface area contributed by atoms with Crippen LogP contribution in [-0.2, 0) is 6.42 Å². The SMILES string of the molecule is CNC(Cc1ccc(F)cc1Cl)c1cccc(Cl)c1. The van der Waals surface area contributed by atoms with Crippen LogP contribution in [0.4, 0.5) is 4.39 Å². The minimum atomic E-state index is -0.322. The summed E-state index contributed by atoms with van der Waals surface area (Å²) >= 11 is 12.1. The van der Waals surface area contributed by atoms with Crippen molar-refractivity contribution >= 4 is 23.2 Å². The first-order valence-corrected chi connectivity index (χ1v) is 6.72. The number of hydrogen-bond donors (Lipinski definition) is 1. The van der Waals surface area contributed by atoms with Crippen molar-refractivity contribution in [3.05, 3.63) is 69.5 Å². The predicted molar refractivity (Wildman–Crippen MR) is 78.4 cm³/mol. The molecule has 0 amide bonds. The minimum Gasteiger partial charge on any atom is -0.313 e. The highest BCUT2D eigenvalue weighted by Crippen LogP contribution is 2.25. The lowest BCUT2D eigenvalue weighted by atomic mass is 9.99. The standard InChI is InChI=1S/C15H14Cl2FN/c1-19-15(11-3-2-4-12(16)7-11)8-10-5-6-13(18)9-14(10)17/h2-7,9,15,19H,8H2,1H3. The second kappa shape index (κ2) is 6.38. The van der Waals surface area contributed by atoms with Crippen molar-refractivity contribution < 1.29 is 4.39 Å². The van der Waals surface area contributed by atoms with Gasteiger partial charge in [0, 0.05) is 16.1 Å². The molecule has 0 radical (unpaired) electrons. The summed E-state index contributed by atoms with van der Waals surface area (Å²) in [6.45, 7) is 0. The van der Waals surface area contributed by atoms with E-state index in [-0.39, 0.29) is 11.9 Å². The molecule has 0 heterocycles. The molecule has 0 spiro atoms. The van der Waals surface area contributed by atoms with Crippen LogP contribution in [0.3, 0.4) is 0 Å². The highest BCUT2D eigenvalue weighted by molar-refractivity contribution is 6.31. The summed E-state index contributed by atoms with van der Waals surface area (Å²) in [6.07, 6.45) is 0.677. The zero-order valence-electron chi connectivity index (χ0n) is 10.5. The first-order valence-electron chi connectivity index (χ1n) is 5.97. The number of hydrogen-bond acceptors (Lipinski definition) is 1. The van der Waals surface area contributed by atoms with Gasteiger partial charge in [0.2, 0.25) is 0 Å². The summed E-state index contributed by atoms with van der Waals surface area (Å²) in [5.41, 5.74) is 1.98. The van der Waals surface area contributed by atoms with Gasteiger partial charge in [-0.2, -0.15) is 0 Å². The molecule has 1 atom stereocenters. The molecule has 2 aromatic rings. The lowest BCUT2D eigenvalue weighted by Crippen LogP contribution is -2.19. The average Bonchev–Trinajstić information content (AvgIpc) is 2.38. The van der Waals surface area contributed by atoms with Crippen LogP contribution in [0.2, 0.25) is 10.0 Å². The molecule has 1 N–H and O–H groups in total. The summed E-state index contributed by atoms with van der Waals surface area (Å²) < 4.78 is 13.0. The highest BCUT2D eigenvalue weighted by Gasteiger charge is 2.12. The van der Waals surface area contributed by atoms with Gasteiger partial charge in [0.05, 0.1) is 0 Å². The molecule has 0 aromatic heterocycles. The van der Waals surface area contributed by atoms with Crippen molar-refractivity contribution in [2.75, 3.05) is 7.05 Å². The van der Waals surface area contributed by atoms with E-state index in [0.717, 1.165) is 11.1 Å². The van der Waals surface area contributed by atoms with E-state index in [1.54, 1.807) is 6.07 Å². The second-order valence-corrected chi connectivity index (χ2v) is 5.18. The maximum atomic E-state index is 13.0. The number of nitrogens with one attached hydrogen (secondary N) is 1. The minimum absolute atomic E-state index is 0.0849.